The molecule has 1 aliphatic rings. The number of carboxylic acids is 1. The van der Waals surface area contributed by atoms with Crippen molar-refractivity contribution in [1.82, 2.24) is 4.90 Å². The average molecular weight is 441 g/mol. The topological polar surface area (TPSA) is 107 Å². The predicted molar refractivity (Wildman–Crippen MR) is 113 cm³/mol. The van der Waals surface area contributed by atoms with E-state index < -0.39 is 28.5 Å². The van der Waals surface area contributed by atoms with Gasteiger partial charge in [0.1, 0.15) is 6.54 Å². The Hall–Kier alpha value is -3.33. The van der Waals surface area contributed by atoms with Gasteiger partial charge in [0, 0.05) is 5.69 Å². The van der Waals surface area contributed by atoms with E-state index in [1.54, 1.807) is 30.0 Å². The number of imide groups is 1. The molecule has 0 aromatic heterocycles. The third-order valence-electron chi connectivity index (χ3n) is 4.63. The number of esters is 1. The number of carbonyl (C=O) groups is 4. The Morgan fingerprint density at radius 3 is 2.58 bits per heavy atom. The van der Waals surface area contributed by atoms with Crippen LogP contribution in [-0.2, 0) is 20.9 Å². The molecule has 162 valence electrons. The Labute approximate surface area is 183 Å². The number of nitrogens with zero attached hydrogens (tertiary/aromatic N) is 2. The zero-order valence-electron chi connectivity index (χ0n) is 17.1. The van der Waals surface area contributed by atoms with Gasteiger partial charge >= 0.3 is 5.97 Å². The van der Waals surface area contributed by atoms with Crippen LogP contribution in [0.15, 0.2) is 48.5 Å². The van der Waals surface area contributed by atoms with Gasteiger partial charge in [0.2, 0.25) is 0 Å². The molecule has 0 spiro atoms. The number of benzene rings is 2. The number of hydrogen-bond acceptors (Lipinski definition) is 8. The van der Waals surface area contributed by atoms with E-state index in [2.05, 4.69) is 0 Å². The Bertz CT molecular complexity index is 1020. The van der Waals surface area contributed by atoms with Crippen molar-refractivity contribution in [3.05, 3.63) is 65.2 Å². The minimum atomic E-state index is -1.34. The normalized spacial score (nSPS) is 15.8. The number of hydrogen-bond donors (Lipinski definition) is 0. The summed E-state index contributed by atoms with van der Waals surface area (Å²) in [6.45, 7) is 3.51. The van der Waals surface area contributed by atoms with Crippen molar-refractivity contribution in [2.45, 2.75) is 25.8 Å². The van der Waals surface area contributed by atoms with E-state index >= 15 is 0 Å². The van der Waals surface area contributed by atoms with Gasteiger partial charge in [-0.05, 0) is 60.5 Å². The standard InChI is InChI=1S/C22H22N2O6S/c1-3-30-18(25)13-23(17-9-4-6-14(2)10-17)20-19(26)24(22(29)31-20)12-15-7-5-8-16(11-15)21(27)28/h4-11,20H,3,12-13H2,1-2H3,(H,27,28)/p-1/t20-/m1/s1. The van der Waals surface area contributed by atoms with Crippen molar-refractivity contribution in [3.8, 4) is 0 Å². The van der Waals surface area contributed by atoms with Crippen LogP contribution in [0.1, 0.15) is 28.4 Å². The fourth-order valence-corrected chi connectivity index (χ4v) is 4.24. The number of aryl methyl sites for hydroxylation is 1. The Morgan fingerprint density at radius 2 is 1.90 bits per heavy atom. The lowest BCUT2D eigenvalue weighted by Crippen LogP contribution is -2.44. The number of carbonyl (C=O) groups excluding carboxylic acids is 4. The van der Waals surface area contributed by atoms with E-state index in [-0.39, 0.29) is 25.3 Å². The van der Waals surface area contributed by atoms with E-state index in [1.807, 2.05) is 19.1 Å². The number of thioether (sulfide) groups is 1. The number of amides is 2. The van der Waals surface area contributed by atoms with Crippen LogP contribution in [0, 0.1) is 6.92 Å². The van der Waals surface area contributed by atoms with Crippen molar-refractivity contribution in [1.29, 1.82) is 0 Å². The summed E-state index contributed by atoms with van der Waals surface area (Å²) in [4.78, 5) is 51.6. The first-order valence-corrected chi connectivity index (χ1v) is 10.5. The zero-order chi connectivity index (χ0) is 22.5. The second kappa shape index (κ2) is 9.65. The maximum atomic E-state index is 13.1. The highest BCUT2D eigenvalue weighted by atomic mass is 32.2. The third kappa shape index (κ3) is 5.24. The summed E-state index contributed by atoms with van der Waals surface area (Å²) in [5, 5.41) is 9.67. The van der Waals surface area contributed by atoms with Crippen molar-refractivity contribution in [3.63, 3.8) is 0 Å². The quantitative estimate of drug-likeness (QED) is 0.572. The highest BCUT2D eigenvalue weighted by Crippen LogP contribution is 2.34. The molecule has 2 amide bonds. The number of aromatic carboxylic acids is 1. The van der Waals surface area contributed by atoms with E-state index in [0.717, 1.165) is 22.2 Å². The van der Waals surface area contributed by atoms with Crippen LogP contribution in [0.3, 0.4) is 0 Å². The summed E-state index contributed by atoms with van der Waals surface area (Å²) in [6.07, 6.45) is 0. The first-order valence-electron chi connectivity index (χ1n) is 9.61. The highest BCUT2D eigenvalue weighted by molar-refractivity contribution is 8.15. The summed E-state index contributed by atoms with van der Waals surface area (Å²) in [6, 6.07) is 13.2. The van der Waals surface area contributed by atoms with Gasteiger partial charge in [0.25, 0.3) is 11.1 Å². The van der Waals surface area contributed by atoms with E-state index in [4.69, 9.17) is 4.74 Å². The van der Waals surface area contributed by atoms with Gasteiger partial charge < -0.3 is 19.5 Å². The molecule has 1 saturated heterocycles. The van der Waals surface area contributed by atoms with Crippen LogP contribution in [0.25, 0.3) is 0 Å². The molecule has 0 saturated carbocycles. The second-order valence-corrected chi connectivity index (χ2v) is 7.95. The molecule has 3 rings (SSSR count). The largest absolute Gasteiger partial charge is 0.545 e. The molecule has 1 aliphatic heterocycles. The molecule has 2 aromatic carbocycles. The third-order valence-corrected chi connectivity index (χ3v) is 5.74. The van der Waals surface area contributed by atoms with Gasteiger partial charge in [0.15, 0.2) is 5.37 Å². The Morgan fingerprint density at radius 1 is 1.16 bits per heavy atom. The van der Waals surface area contributed by atoms with E-state index in [0.29, 0.717) is 11.3 Å². The molecule has 2 aromatic rings. The number of carboxylic acid groups (broad SMARTS) is 1. The number of anilines is 1. The van der Waals surface area contributed by atoms with Gasteiger partial charge in [-0.15, -0.1) is 0 Å². The molecule has 0 N–H and O–H groups in total. The molecule has 1 fully saturated rings. The lowest BCUT2D eigenvalue weighted by Gasteiger charge is -2.28. The molecule has 0 radical (unpaired) electrons. The van der Waals surface area contributed by atoms with Crippen LogP contribution in [0.5, 0.6) is 0 Å². The first-order chi connectivity index (χ1) is 14.8. The molecular weight excluding hydrogens is 420 g/mol. The summed E-state index contributed by atoms with van der Waals surface area (Å²) < 4.78 is 5.04. The molecule has 0 bridgehead atoms. The van der Waals surface area contributed by atoms with Gasteiger partial charge in [0.05, 0.1) is 19.1 Å². The minimum absolute atomic E-state index is 0.0375. The lowest BCUT2D eigenvalue weighted by atomic mass is 10.1. The molecular formula is C22H21N2O6S-. The van der Waals surface area contributed by atoms with Crippen LogP contribution >= 0.6 is 11.8 Å². The van der Waals surface area contributed by atoms with Crippen LogP contribution < -0.4 is 10.0 Å². The van der Waals surface area contributed by atoms with Gasteiger partial charge in [-0.25, -0.2) is 0 Å². The number of rotatable bonds is 8. The smallest absolute Gasteiger partial charge is 0.325 e. The van der Waals surface area contributed by atoms with Crippen LogP contribution in [0.4, 0.5) is 10.5 Å². The van der Waals surface area contributed by atoms with Gasteiger partial charge in [-0.1, -0.05) is 30.3 Å². The summed E-state index contributed by atoms with van der Waals surface area (Å²) in [5.74, 6) is -2.34. The van der Waals surface area contributed by atoms with Crippen molar-refractivity contribution < 1.29 is 29.0 Å². The van der Waals surface area contributed by atoms with Crippen molar-refractivity contribution in [2.24, 2.45) is 0 Å². The maximum Gasteiger partial charge on any atom is 0.325 e. The monoisotopic (exact) mass is 441 g/mol. The zero-order valence-corrected chi connectivity index (χ0v) is 17.9. The summed E-state index contributed by atoms with van der Waals surface area (Å²) >= 11 is 0.807. The molecule has 1 atom stereocenters. The molecule has 31 heavy (non-hydrogen) atoms. The fourth-order valence-electron chi connectivity index (χ4n) is 3.21. The van der Waals surface area contributed by atoms with Gasteiger partial charge in [-0.2, -0.15) is 0 Å². The Kier molecular flexibility index (Phi) is 6.96. The molecule has 0 unspecified atom stereocenters. The Balaban J connectivity index is 1.86. The molecule has 0 aliphatic carbocycles. The maximum absolute atomic E-state index is 13.1. The summed E-state index contributed by atoms with van der Waals surface area (Å²) in [7, 11) is 0. The first kappa shape index (κ1) is 22.4. The molecule has 1 heterocycles. The molecule has 9 heteroatoms. The lowest BCUT2D eigenvalue weighted by molar-refractivity contribution is -0.255. The van der Waals surface area contributed by atoms with Crippen molar-refractivity contribution >= 4 is 40.5 Å². The predicted octanol–water partition coefficient (Wildman–Crippen LogP) is 1.95. The van der Waals surface area contributed by atoms with Crippen LogP contribution in [-0.4, -0.2) is 46.5 Å². The SMILES string of the molecule is CCOC(=O)CN(c1cccc(C)c1)[C@@H]1SC(=O)N(Cc2cccc(C(=O)[O-])c2)C1=O. The van der Waals surface area contributed by atoms with Crippen LogP contribution in [0.2, 0.25) is 0 Å². The van der Waals surface area contributed by atoms with Gasteiger partial charge in [-0.3, -0.25) is 19.3 Å². The van der Waals surface area contributed by atoms with E-state index in [1.165, 1.54) is 18.2 Å². The minimum Gasteiger partial charge on any atom is -0.545 e. The fraction of sp³-hybridized carbons (Fsp3) is 0.273. The van der Waals surface area contributed by atoms with E-state index in [9.17, 15) is 24.3 Å². The highest BCUT2D eigenvalue weighted by Gasteiger charge is 2.43. The number of ether oxygens (including phenoxy) is 1. The molecule has 8 nitrogen and oxygen atoms in total. The summed E-state index contributed by atoms with van der Waals surface area (Å²) in [5.41, 5.74) is 2.00. The second-order valence-electron chi connectivity index (χ2n) is 6.92. The van der Waals surface area contributed by atoms with Crippen molar-refractivity contribution in [2.75, 3.05) is 18.1 Å². The average Bonchev–Trinajstić information content (AvgIpc) is 3.00.